The van der Waals surface area contributed by atoms with Gasteiger partial charge in [-0.25, -0.2) is 4.57 Å². The highest BCUT2D eigenvalue weighted by Crippen LogP contribution is 2.43. The number of nitrogens with two attached hydrogens (primary N) is 1. The minimum absolute atomic E-state index is 0.143. The first-order valence-electron chi connectivity index (χ1n) is 23.0. The molecule has 0 aromatic rings. The maximum atomic E-state index is 12.6. The Morgan fingerprint density at radius 1 is 0.552 bits per heavy atom. The summed E-state index contributed by atoms with van der Waals surface area (Å²) in [5.41, 5.74) is 5.34. The number of carbonyl (C=O) groups is 3. The molecule has 0 fully saturated rings. The summed E-state index contributed by atoms with van der Waals surface area (Å²) in [6.45, 7) is 2.70. The molecule has 0 bridgehead atoms. The Hall–Kier alpha value is -2.30. The second kappa shape index (κ2) is 41.4. The Balaban J connectivity index is 4.30. The number of hydrogen-bond donors (Lipinski definition) is 3. The molecule has 338 valence electrons. The molecule has 3 atom stereocenters. The third-order valence-corrected chi connectivity index (χ3v) is 10.9. The number of aliphatic carboxylic acids is 1. The zero-order chi connectivity index (χ0) is 42.8. The van der Waals surface area contributed by atoms with Crippen molar-refractivity contribution in [3.05, 3.63) is 36.5 Å². The van der Waals surface area contributed by atoms with Gasteiger partial charge in [-0.3, -0.25) is 23.4 Å². The average molecular weight is 842 g/mol. The van der Waals surface area contributed by atoms with Crippen LogP contribution in [0.2, 0.25) is 0 Å². The van der Waals surface area contributed by atoms with Crippen LogP contribution < -0.4 is 5.73 Å². The highest BCUT2D eigenvalue weighted by atomic mass is 31.2. The van der Waals surface area contributed by atoms with Gasteiger partial charge in [0.2, 0.25) is 0 Å². The number of carbonyl (C=O) groups excluding carboxylic acids is 2. The Labute approximate surface area is 353 Å². The third-order valence-electron chi connectivity index (χ3n) is 9.90. The van der Waals surface area contributed by atoms with Gasteiger partial charge in [0.1, 0.15) is 12.6 Å². The Kier molecular flexibility index (Phi) is 39.8. The lowest BCUT2D eigenvalue weighted by atomic mass is 10.0. The van der Waals surface area contributed by atoms with E-state index < -0.39 is 51.1 Å². The van der Waals surface area contributed by atoms with E-state index in [1.165, 1.54) is 96.3 Å². The molecule has 0 aliphatic carbocycles. The van der Waals surface area contributed by atoms with Crippen molar-refractivity contribution in [2.75, 3.05) is 19.8 Å². The quantitative estimate of drug-likeness (QED) is 0.0231. The van der Waals surface area contributed by atoms with Gasteiger partial charge in [-0.1, -0.05) is 185 Å². The average Bonchev–Trinajstić information content (AvgIpc) is 3.20. The van der Waals surface area contributed by atoms with E-state index in [4.69, 9.17) is 24.8 Å². The molecule has 0 heterocycles. The number of ether oxygens (including phenoxy) is 2. The Bertz CT molecular complexity index is 1130. The normalized spacial score (nSPS) is 14.0. The summed E-state index contributed by atoms with van der Waals surface area (Å²) in [6, 6.07) is -1.52. The van der Waals surface area contributed by atoms with Crippen LogP contribution in [0, 0.1) is 0 Å². The summed E-state index contributed by atoms with van der Waals surface area (Å²) in [4.78, 5) is 46.0. The maximum Gasteiger partial charge on any atom is 0.472 e. The van der Waals surface area contributed by atoms with Crippen LogP contribution in [0.1, 0.15) is 206 Å². The molecule has 0 saturated heterocycles. The van der Waals surface area contributed by atoms with E-state index in [0.29, 0.717) is 12.8 Å². The van der Waals surface area contributed by atoms with Crippen LogP contribution >= 0.6 is 7.82 Å². The molecule has 0 radical (unpaired) electrons. The van der Waals surface area contributed by atoms with Gasteiger partial charge < -0.3 is 25.2 Å². The monoisotopic (exact) mass is 842 g/mol. The summed E-state index contributed by atoms with van der Waals surface area (Å²) in [6.07, 6.45) is 44.9. The fourth-order valence-corrected chi connectivity index (χ4v) is 7.09. The predicted octanol–water partition coefficient (Wildman–Crippen LogP) is 12.4. The lowest BCUT2D eigenvalue weighted by molar-refractivity contribution is -0.161. The van der Waals surface area contributed by atoms with E-state index in [-0.39, 0.29) is 19.4 Å². The second-order valence-corrected chi connectivity index (χ2v) is 17.0. The molecule has 0 rings (SSSR count). The molecule has 0 amide bonds. The Morgan fingerprint density at radius 3 is 1.45 bits per heavy atom. The maximum absolute atomic E-state index is 12.6. The fraction of sp³-hybridized carbons (Fsp3) is 0.804. The number of rotatable bonds is 43. The molecule has 0 saturated carbocycles. The number of carboxylic acid groups (broad SMARTS) is 1. The highest BCUT2D eigenvalue weighted by Gasteiger charge is 2.28. The van der Waals surface area contributed by atoms with Crippen molar-refractivity contribution in [3.8, 4) is 0 Å². The summed E-state index contributed by atoms with van der Waals surface area (Å²) >= 11 is 0. The van der Waals surface area contributed by atoms with E-state index >= 15 is 0 Å². The third kappa shape index (κ3) is 40.5. The SMILES string of the molecule is CC/C=C\C/C=C\C/C=C\CCCCCCCC(=O)O[C@H](COC(=O)CCCCCCCCCCCCCCCCCCCCC)COP(=O)(O)OC[C@H](N)C(=O)O. The molecule has 0 spiro atoms. The first-order chi connectivity index (χ1) is 28.1. The van der Waals surface area contributed by atoms with Gasteiger partial charge in [0.15, 0.2) is 6.10 Å². The molecular weight excluding hydrogens is 757 g/mol. The lowest BCUT2D eigenvalue weighted by Crippen LogP contribution is -2.34. The number of unbranched alkanes of at least 4 members (excludes halogenated alkanes) is 23. The molecule has 12 heteroatoms. The van der Waals surface area contributed by atoms with Crippen molar-refractivity contribution in [3.63, 3.8) is 0 Å². The summed E-state index contributed by atoms with van der Waals surface area (Å²) in [5, 5.41) is 8.89. The molecule has 1 unspecified atom stereocenters. The van der Waals surface area contributed by atoms with Crippen LogP contribution in [0.25, 0.3) is 0 Å². The van der Waals surface area contributed by atoms with Crippen molar-refractivity contribution in [2.24, 2.45) is 5.73 Å². The summed E-state index contributed by atoms with van der Waals surface area (Å²) in [7, 11) is -4.72. The van der Waals surface area contributed by atoms with Crippen molar-refractivity contribution in [2.45, 2.75) is 219 Å². The van der Waals surface area contributed by atoms with E-state index in [2.05, 4.69) is 54.8 Å². The number of phosphoric acid groups is 1. The van der Waals surface area contributed by atoms with E-state index in [9.17, 15) is 23.8 Å². The van der Waals surface area contributed by atoms with Crippen LogP contribution in [-0.2, 0) is 37.5 Å². The molecule has 0 aromatic carbocycles. The van der Waals surface area contributed by atoms with Crippen molar-refractivity contribution in [1.82, 2.24) is 0 Å². The van der Waals surface area contributed by atoms with Crippen LogP contribution in [0.3, 0.4) is 0 Å². The van der Waals surface area contributed by atoms with Crippen LogP contribution in [0.15, 0.2) is 36.5 Å². The van der Waals surface area contributed by atoms with Gasteiger partial charge in [-0.05, 0) is 44.9 Å². The van der Waals surface area contributed by atoms with Crippen molar-refractivity contribution >= 4 is 25.7 Å². The molecule has 0 aromatic heterocycles. The predicted molar refractivity (Wildman–Crippen MR) is 235 cm³/mol. The smallest absolute Gasteiger partial charge is 0.472 e. The minimum atomic E-state index is -4.72. The second-order valence-electron chi connectivity index (χ2n) is 15.5. The van der Waals surface area contributed by atoms with E-state index in [0.717, 1.165) is 70.6 Å². The van der Waals surface area contributed by atoms with Crippen LogP contribution in [0.5, 0.6) is 0 Å². The number of allylic oxidation sites excluding steroid dienone is 6. The van der Waals surface area contributed by atoms with Gasteiger partial charge in [0.25, 0.3) is 0 Å². The van der Waals surface area contributed by atoms with Crippen LogP contribution in [0.4, 0.5) is 0 Å². The first-order valence-corrected chi connectivity index (χ1v) is 24.5. The van der Waals surface area contributed by atoms with Crippen molar-refractivity contribution in [1.29, 1.82) is 0 Å². The fourth-order valence-electron chi connectivity index (χ4n) is 6.32. The topological polar surface area (TPSA) is 172 Å². The zero-order valence-electron chi connectivity index (χ0n) is 36.6. The standard InChI is InChI=1S/C46H84NO10P/c1-3-5-7-9-11-13-15-17-19-20-21-22-24-25-27-29-31-33-35-37-44(48)54-39-42(40-55-58(52,53)56-41-43(47)46(50)51)57-45(49)38-36-34-32-30-28-26-23-18-16-14-12-10-8-6-4-2/h6,8,12,14,18,23,42-43H,3-5,7,9-11,13,15-17,19-22,24-41,47H2,1-2H3,(H,50,51)(H,52,53)/b8-6-,14-12-,23-18-/t42-,43+/m1/s1. The van der Waals surface area contributed by atoms with E-state index in [1.54, 1.807) is 0 Å². The van der Waals surface area contributed by atoms with Gasteiger partial charge in [-0.2, -0.15) is 0 Å². The zero-order valence-corrected chi connectivity index (χ0v) is 37.5. The molecule has 58 heavy (non-hydrogen) atoms. The largest absolute Gasteiger partial charge is 0.480 e. The molecular formula is C46H84NO10P. The van der Waals surface area contributed by atoms with Gasteiger partial charge >= 0.3 is 25.7 Å². The van der Waals surface area contributed by atoms with Crippen molar-refractivity contribution < 1.29 is 47.5 Å². The Morgan fingerprint density at radius 2 is 0.966 bits per heavy atom. The highest BCUT2D eigenvalue weighted by molar-refractivity contribution is 7.47. The molecule has 11 nitrogen and oxygen atoms in total. The lowest BCUT2D eigenvalue weighted by Gasteiger charge is -2.20. The first kappa shape index (κ1) is 55.7. The van der Waals surface area contributed by atoms with Gasteiger partial charge in [-0.15, -0.1) is 0 Å². The number of hydrogen-bond acceptors (Lipinski definition) is 9. The van der Waals surface area contributed by atoms with Crippen LogP contribution in [-0.4, -0.2) is 59.9 Å². The molecule has 0 aliphatic rings. The summed E-state index contributed by atoms with van der Waals surface area (Å²) < 4.78 is 32.7. The number of phosphoric ester groups is 1. The van der Waals surface area contributed by atoms with Gasteiger partial charge in [0, 0.05) is 12.8 Å². The van der Waals surface area contributed by atoms with Gasteiger partial charge in [0.05, 0.1) is 13.2 Å². The number of esters is 2. The van der Waals surface area contributed by atoms with E-state index in [1.807, 2.05) is 0 Å². The minimum Gasteiger partial charge on any atom is -0.480 e. The summed E-state index contributed by atoms with van der Waals surface area (Å²) in [5.74, 6) is -2.39. The molecule has 4 N–H and O–H groups in total. The number of carboxylic acids is 1. The molecule has 0 aliphatic heterocycles.